The molecule has 33 heavy (non-hydrogen) atoms. The molecule has 0 saturated carbocycles. The fourth-order valence-electron chi connectivity index (χ4n) is 4.58. The van der Waals surface area contributed by atoms with Crippen LogP contribution in [-0.2, 0) is 4.79 Å². The number of nitrogens with zero attached hydrogens (tertiary/aromatic N) is 2. The van der Waals surface area contributed by atoms with Crippen molar-refractivity contribution in [3.05, 3.63) is 77.9 Å². The van der Waals surface area contributed by atoms with Crippen molar-refractivity contribution >= 4 is 28.8 Å². The van der Waals surface area contributed by atoms with Gasteiger partial charge >= 0.3 is 0 Å². The van der Waals surface area contributed by atoms with E-state index in [1.165, 1.54) is 0 Å². The van der Waals surface area contributed by atoms with E-state index in [4.69, 9.17) is 5.10 Å². The normalized spacial score (nSPS) is 11.9. The van der Waals surface area contributed by atoms with Gasteiger partial charge in [0.1, 0.15) is 5.69 Å². The van der Waals surface area contributed by atoms with Gasteiger partial charge in [-0.2, -0.15) is 5.10 Å². The molecule has 1 amide bonds. The number of benzene rings is 3. The molecule has 0 radical (unpaired) electrons. The second-order valence-corrected chi connectivity index (χ2v) is 8.27. The highest BCUT2D eigenvalue weighted by Crippen LogP contribution is 2.42. The van der Waals surface area contributed by atoms with Crippen molar-refractivity contribution in [2.24, 2.45) is 0 Å². The van der Waals surface area contributed by atoms with Crippen LogP contribution in [0.25, 0.3) is 27.8 Å². The maximum Gasteiger partial charge on any atom is 0.207 e. The van der Waals surface area contributed by atoms with E-state index in [0.29, 0.717) is 11.1 Å². The van der Waals surface area contributed by atoms with Crippen LogP contribution in [0.2, 0.25) is 0 Å². The first-order valence-electron chi connectivity index (χ1n) is 11.5. The summed E-state index contributed by atoms with van der Waals surface area (Å²) in [4.78, 5) is 23.9. The van der Waals surface area contributed by atoms with Gasteiger partial charge in [0.05, 0.1) is 16.8 Å². The lowest BCUT2D eigenvalue weighted by Gasteiger charge is -2.19. The van der Waals surface area contributed by atoms with Crippen LogP contribution < -0.4 is 10.6 Å². The molecule has 6 nitrogen and oxygen atoms in total. The molecular weight excluding hydrogens is 412 g/mol. The number of anilines is 1. The number of nitrogens with one attached hydrogen (secondary N) is 2. The average Bonchev–Trinajstić information content (AvgIpc) is 3.25. The summed E-state index contributed by atoms with van der Waals surface area (Å²) in [5.74, 6) is 0.0405. The highest BCUT2D eigenvalue weighted by Gasteiger charge is 2.30. The van der Waals surface area contributed by atoms with E-state index in [0.717, 1.165) is 78.7 Å². The first-order chi connectivity index (χ1) is 16.3. The third kappa shape index (κ3) is 3.89. The fourth-order valence-corrected chi connectivity index (χ4v) is 4.58. The van der Waals surface area contributed by atoms with Gasteiger partial charge in [-0.3, -0.25) is 9.59 Å². The molecule has 5 rings (SSSR count). The van der Waals surface area contributed by atoms with Crippen LogP contribution in [-0.4, -0.2) is 35.1 Å². The van der Waals surface area contributed by atoms with E-state index in [9.17, 15) is 9.59 Å². The Bertz CT molecular complexity index is 1310. The zero-order valence-corrected chi connectivity index (χ0v) is 18.4. The van der Waals surface area contributed by atoms with Crippen molar-refractivity contribution < 1.29 is 9.59 Å². The molecule has 0 bridgehead atoms. The summed E-state index contributed by atoms with van der Waals surface area (Å²) in [5.41, 5.74) is 5.90. The van der Waals surface area contributed by atoms with Gasteiger partial charge < -0.3 is 10.6 Å². The first-order valence-corrected chi connectivity index (χ1v) is 11.5. The minimum absolute atomic E-state index is 0.0405. The van der Waals surface area contributed by atoms with Gasteiger partial charge in [-0.1, -0.05) is 55.3 Å². The Morgan fingerprint density at radius 3 is 2.39 bits per heavy atom. The Morgan fingerprint density at radius 2 is 1.58 bits per heavy atom. The third-order valence-corrected chi connectivity index (χ3v) is 6.15. The molecule has 0 saturated heterocycles. The van der Waals surface area contributed by atoms with Crippen LogP contribution in [0, 0.1) is 0 Å². The molecule has 3 aromatic carbocycles. The number of ketones is 1. The van der Waals surface area contributed by atoms with Crippen LogP contribution in [0.1, 0.15) is 41.6 Å². The number of rotatable bonds is 10. The predicted molar refractivity (Wildman–Crippen MR) is 131 cm³/mol. The number of hydrogen-bond acceptors (Lipinski definition) is 4. The monoisotopic (exact) mass is 438 g/mol. The molecule has 0 atom stereocenters. The number of hydrogen-bond donors (Lipinski definition) is 2. The zero-order valence-electron chi connectivity index (χ0n) is 18.4. The summed E-state index contributed by atoms with van der Waals surface area (Å²) in [5, 5.41) is 12.0. The summed E-state index contributed by atoms with van der Waals surface area (Å²) in [6.45, 7) is 1.52. The Morgan fingerprint density at radius 1 is 0.818 bits per heavy atom. The molecule has 2 N–H and O–H groups in total. The van der Waals surface area contributed by atoms with Crippen LogP contribution in [0.5, 0.6) is 0 Å². The Labute approximate surface area is 192 Å². The zero-order chi connectivity index (χ0) is 22.6. The van der Waals surface area contributed by atoms with Crippen LogP contribution >= 0.6 is 0 Å². The quantitative estimate of drug-likeness (QED) is 0.239. The van der Waals surface area contributed by atoms with Gasteiger partial charge in [0.25, 0.3) is 0 Å². The Kier molecular flexibility index (Phi) is 5.89. The Balaban J connectivity index is 1.43. The summed E-state index contributed by atoms with van der Waals surface area (Å²) >= 11 is 0. The second kappa shape index (κ2) is 9.28. The van der Waals surface area contributed by atoms with E-state index in [1.54, 1.807) is 0 Å². The maximum atomic E-state index is 13.6. The Hall–Kier alpha value is -3.93. The lowest BCUT2D eigenvalue weighted by molar-refractivity contribution is -0.109. The fraction of sp³-hybridized carbons (Fsp3) is 0.222. The van der Waals surface area contributed by atoms with E-state index >= 15 is 0 Å². The van der Waals surface area contributed by atoms with E-state index in [1.807, 2.05) is 71.4 Å². The van der Waals surface area contributed by atoms with Gasteiger partial charge in [0, 0.05) is 35.3 Å². The van der Waals surface area contributed by atoms with Crippen molar-refractivity contribution in [1.29, 1.82) is 0 Å². The number of para-hydroxylation sites is 1. The van der Waals surface area contributed by atoms with Crippen LogP contribution in [0.15, 0.2) is 66.7 Å². The van der Waals surface area contributed by atoms with Crippen LogP contribution in [0.3, 0.4) is 0 Å². The van der Waals surface area contributed by atoms with E-state index < -0.39 is 0 Å². The van der Waals surface area contributed by atoms with Gasteiger partial charge in [0.2, 0.25) is 6.41 Å². The number of amides is 1. The van der Waals surface area contributed by atoms with E-state index in [2.05, 4.69) is 10.6 Å². The minimum Gasteiger partial charge on any atom is -0.384 e. The number of fused-ring (bicyclic) bond motifs is 2. The summed E-state index contributed by atoms with van der Waals surface area (Å²) in [6, 6.07) is 21.8. The minimum atomic E-state index is 0.0405. The van der Waals surface area contributed by atoms with Crippen molar-refractivity contribution in [2.45, 2.75) is 25.7 Å². The van der Waals surface area contributed by atoms with Gasteiger partial charge in [0.15, 0.2) is 5.78 Å². The SMILES string of the molecule is O=CNCCCCCCNc1cccc2c1C(=O)c1cccc3c1c-2nn3-c1ccccc1. The van der Waals surface area contributed by atoms with Crippen molar-refractivity contribution in [3.63, 3.8) is 0 Å². The molecule has 0 spiro atoms. The van der Waals surface area contributed by atoms with Gasteiger partial charge in [-0.25, -0.2) is 4.68 Å². The maximum absolute atomic E-state index is 13.6. The number of carbonyl (C=O) groups excluding carboxylic acids is 2. The molecule has 6 heteroatoms. The molecule has 1 aliphatic rings. The van der Waals surface area contributed by atoms with Crippen LogP contribution in [0.4, 0.5) is 5.69 Å². The third-order valence-electron chi connectivity index (χ3n) is 6.15. The summed E-state index contributed by atoms with van der Waals surface area (Å²) in [6.07, 6.45) is 4.86. The average molecular weight is 439 g/mol. The largest absolute Gasteiger partial charge is 0.384 e. The van der Waals surface area contributed by atoms with Gasteiger partial charge in [-0.15, -0.1) is 0 Å². The lowest BCUT2D eigenvalue weighted by atomic mass is 9.86. The highest BCUT2D eigenvalue weighted by atomic mass is 16.1. The summed E-state index contributed by atoms with van der Waals surface area (Å²) < 4.78 is 1.93. The van der Waals surface area contributed by atoms with Crippen molar-refractivity contribution in [2.75, 3.05) is 18.4 Å². The summed E-state index contributed by atoms with van der Waals surface area (Å²) in [7, 11) is 0. The standard InChI is InChI=1S/C27H26N4O2/c32-18-28-16-6-1-2-7-17-29-22-14-8-12-20-24(22)27(33)21-13-9-15-23-25(21)26(20)30-31(23)19-10-4-3-5-11-19/h3-5,8-15,18,29H,1-2,6-7,16-17H2,(H,28,32). The smallest absolute Gasteiger partial charge is 0.207 e. The first kappa shape index (κ1) is 20.9. The predicted octanol–water partition coefficient (Wildman–Crippen LogP) is 4.96. The molecule has 1 aliphatic carbocycles. The molecule has 4 aromatic rings. The van der Waals surface area contributed by atoms with Gasteiger partial charge in [-0.05, 0) is 37.1 Å². The highest BCUT2D eigenvalue weighted by molar-refractivity contribution is 6.27. The second-order valence-electron chi connectivity index (χ2n) is 8.27. The molecule has 1 heterocycles. The van der Waals surface area contributed by atoms with Crippen molar-refractivity contribution in [3.8, 4) is 16.9 Å². The van der Waals surface area contributed by atoms with Crippen molar-refractivity contribution in [1.82, 2.24) is 15.1 Å². The molecular formula is C27H26N4O2. The molecule has 0 unspecified atom stereocenters. The molecule has 1 aromatic heterocycles. The number of carbonyl (C=O) groups is 2. The molecule has 166 valence electrons. The van der Waals surface area contributed by atoms with E-state index in [-0.39, 0.29) is 5.78 Å². The molecule has 0 fully saturated rings. The lowest BCUT2D eigenvalue weighted by Crippen LogP contribution is -2.14. The topological polar surface area (TPSA) is 76.0 Å². The number of aromatic nitrogens is 2. The number of unbranched alkanes of at least 4 members (excludes halogenated alkanes) is 3. The molecule has 0 aliphatic heterocycles.